The van der Waals surface area contributed by atoms with Crippen LogP contribution in [0.3, 0.4) is 0 Å². The molecule has 0 aliphatic rings. The van der Waals surface area contributed by atoms with E-state index in [2.05, 4.69) is 4.98 Å². The number of imidazole rings is 1. The molecule has 0 saturated carbocycles. The highest BCUT2D eigenvalue weighted by atomic mass is 16.6. The monoisotopic (exact) mass is 335 g/mol. The molecule has 7 heteroatoms. The van der Waals surface area contributed by atoms with Crippen molar-refractivity contribution in [2.45, 2.75) is 13.0 Å². The summed E-state index contributed by atoms with van der Waals surface area (Å²) < 4.78 is 1.94. The lowest BCUT2D eigenvalue weighted by Gasteiger charge is -2.09. The molecule has 25 heavy (non-hydrogen) atoms. The molecule has 1 heterocycles. The summed E-state index contributed by atoms with van der Waals surface area (Å²) in [4.78, 5) is 15.1. The van der Waals surface area contributed by atoms with Gasteiger partial charge in [-0.25, -0.2) is 4.98 Å². The largest absolute Gasteiger partial charge is 0.384 e. The van der Waals surface area contributed by atoms with Crippen molar-refractivity contribution < 1.29 is 4.92 Å². The molecule has 0 fully saturated rings. The fourth-order valence-corrected chi connectivity index (χ4v) is 2.69. The molecule has 3 rings (SSSR count). The first-order valence-corrected chi connectivity index (χ1v) is 7.70. The molecule has 0 aliphatic carbocycles. The third kappa shape index (κ3) is 3.72. The van der Waals surface area contributed by atoms with Gasteiger partial charge in [0.05, 0.1) is 4.92 Å². The number of amidine groups is 1. The van der Waals surface area contributed by atoms with Crippen LogP contribution < -0.4 is 5.73 Å². The van der Waals surface area contributed by atoms with Crippen LogP contribution in [-0.2, 0) is 13.0 Å². The summed E-state index contributed by atoms with van der Waals surface area (Å²) in [5.41, 5.74) is 7.89. The zero-order valence-corrected chi connectivity index (χ0v) is 13.4. The van der Waals surface area contributed by atoms with Gasteiger partial charge in [-0.3, -0.25) is 15.5 Å². The van der Waals surface area contributed by atoms with Crippen molar-refractivity contribution in [2.24, 2.45) is 5.73 Å². The van der Waals surface area contributed by atoms with Crippen molar-refractivity contribution in [3.05, 3.63) is 93.6 Å². The second-order valence-electron chi connectivity index (χ2n) is 5.65. The van der Waals surface area contributed by atoms with E-state index in [9.17, 15) is 10.1 Å². The molecule has 0 amide bonds. The minimum Gasteiger partial charge on any atom is -0.384 e. The Labute approximate surface area is 144 Å². The van der Waals surface area contributed by atoms with E-state index in [1.807, 2.05) is 29.0 Å². The van der Waals surface area contributed by atoms with Gasteiger partial charge in [0.2, 0.25) is 0 Å². The highest BCUT2D eigenvalue weighted by molar-refractivity contribution is 5.95. The zero-order valence-electron chi connectivity index (χ0n) is 13.4. The Hall–Kier alpha value is -3.48. The first kappa shape index (κ1) is 16.4. The normalized spacial score (nSPS) is 10.6. The van der Waals surface area contributed by atoms with E-state index >= 15 is 0 Å². The SMILES string of the molecule is N=C(N)c1cccc(Cn2ccnc2Cc2ccccc2[N+](=O)[O-])c1. The Balaban J connectivity index is 1.86. The van der Waals surface area contributed by atoms with Crippen molar-refractivity contribution >= 4 is 11.5 Å². The smallest absolute Gasteiger partial charge is 0.273 e. The fourth-order valence-electron chi connectivity index (χ4n) is 2.69. The van der Waals surface area contributed by atoms with Gasteiger partial charge in [-0.15, -0.1) is 0 Å². The van der Waals surface area contributed by atoms with Crippen LogP contribution in [0.5, 0.6) is 0 Å². The summed E-state index contributed by atoms with van der Waals surface area (Å²) in [6.45, 7) is 0.553. The summed E-state index contributed by atoms with van der Waals surface area (Å²) in [5, 5.41) is 18.7. The average Bonchev–Trinajstić information content (AvgIpc) is 3.02. The Morgan fingerprint density at radius 2 is 2.04 bits per heavy atom. The predicted octanol–water partition coefficient (Wildman–Crippen LogP) is 2.71. The number of nitro groups is 1. The van der Waals surface area contributed by atoms with Crippen LogP contribution in [0, 0.1) is 15.5 Å². The number of nitro benzene ring substituents is 1. The molecular formula is C18H17N5O2. The maximum atomic E-state index is 11.2. The van der Waals surface area contributed by atoms with Crippen molar-refractivity contribution in [3.8, 4) is 0 Å². The topological polar surface area (TPSA) is 111 Å². The Kier molecular flexibility index (Phi) is 4.56. The minimum atomic E-state index is -0.376. The van der Waals surface area contributed by atoms with E-state index in [4.69, 9.17) is 11.1 Å². The highest BCUT2D eigenvalue weighted by Crippen LogP contribution is 2.21. The molecule has 3 aromatic rings. The number of para-hydroxylation sites is 1. The fraction of sp³-hybridized carbons (Fsp3) is 0.111. The van der Waals surface area contributed by atoms with Crippen LogP contribution in [0.15, 0.2) is 60.9 Å². The van der Waals surface area contributed by atoms with E-state index in [0.29, 0.717) is 24.1 Å². The molecule has 3 N–H and O–H groups in total. The molecule has 2 aromatic carbocycles. The molecule has 0 aliphatic heterocycles. The number of nitrogens with zero attached hydrogens (tertiary/aromatic N) is 3. The quantitative estimate of drug-likeness (QED) is 0.312. The lowest BCUT2D eigenvalue weighted by Crippen LogP contribution is -2.12. The lowest BCUT2D eigenvalue weighted by atomic mass is 10.1. The molecule has 0 atom stereocenters. The van der Waals surface area contributed by atoms with Crippen LogP contribution in [0.4, 0.5) is 5.69 Å². The molecule has 1 aromatic heterocycles. The average molecular weight is 335 g/mol. The third-order valence-corrected chi connectivity index (χ3v) is 3.93. The van der Waals surface area contributed by atoms with Crippen molar-refractivity contribution in [2.75, 3.05) is 0 Å². The summed E-state index contributed by atoms with van der Waals surface area (Å²) in [7, 11) is 0. The standard InChI is InChI=1S/C18H17N5O2/c19-18(20)15-6-3-4-13(10-15)12-22-9-8-21-17(22)11-14-5-1-2-7-16(14)23(24)25/h1-10H,11-12H2,(H3,19,20). The first-order chi connectivity index (χ1) is 12.0. The van der Waals surface area contributed by atoms with Gasteiger partial charge in [0, 0.05) is 42.6 Å². The van der Waals surface area contributed by atoms with Gasteiger partial charge in [-0.05, 0) is 11.6 Å². The third-order valence-electron chi connectivity index (χ3n) is 3.93. The van der Waals surface area contributed by atoms with Crippen LogP contribution in [0.25, 0.3) is 0 Å². The summed E-state index contributed by atoms with van der Waals surface area (Å²) in [6.07, 6.45) is 3.89. The van der Waals surface area contributed by atoms with Gasteiger partial charge >= 0.3 is 0 Å². The van der Waals surface area contributed by atoms with E-state index in [1.54, 1.807) is 30.5 Å². The molecule has 7 nitrogen and oxygen atoms in total. The Morgan fingerprint density at radius 3 is 2.80 bits per heavy atom. The number of hydrogen-bond acceptors (Lipinski definition) is 4. The number of hydrogen-bond donors (Lipinski definition) is 2. The van der Waals surface area contributed by atoms with E-state index < -0.39 is 0 Å². The molecule has 0 unspecified atom stereocenters. The summed E-state index contributed by atoms with van der Waals surface area (Å²) in [6, 6.07) is 14.1. The maximum absolute atomic E-state index is 11.2. The molecule has 0 spiro atoms. The highest BCUT2D eigenvalue weighted by Gasteiger charge is 2.15. The van der Waals surface area contributed by atoms with Crippen LogP contribution >= 0.6 is 0 Å². The maximum Gasteiger partial charge on any atom is 0.273 e. The van der Waals surface area contributed by atoms with Crippen LogP contribution in [0.2, 0.25) is 0 Å². The summed E-state index contributed by atoms with van der Waals surface area (Å²) in [5.74, 6) is 0.759. The van der Waals surface area contributed by atoms with Gasteiger partial charge in [0.25, 0.3) is 5.69 Å². The van der Waals surface area contributed by atoms with E-state index in [-0.39, 0.29) is 16.4 Å². The molecular weight excluding hydrogens is 318 g/mol. The molecule has 126 valence electrons. The zero-order chi connectivity index (χ0) is 17.8. The van der Waals surface area contributed by atoms with Crippen molar-refractivity contribution in [3.63, 3.8) is 0 Å². The van der Waals surface area contributed by atoms with Gasteiger partial charge in [0.15, 0.2) is 0 Å². The Morgan fingerprint density at radius 1 is 1.24 bits per heavy atom. The molecule has 0 bridgehead atoms. The van der Waals surface area contributed by atoms with Crippen LogP contribution in [-0.4, -0.2) is 20.3 Å². The molecule has 0 saturated heterocycles. The lowest BCUT2D eigenvalue weighted by molar-refractivity contribution is -0.385. The van der Waals surface area contributed by atoms with Gasteiger partial charge < -0.3 is 10.3 Å². The second kappa shape index (κ2) is 6.96. The van der Waals surface area contributed by atoms with Gasteiger partial charge in [0.1, 0.15) is 11.7 Å². The second-order valence-corrected chi connectivity index (χ2v) is 5.65. The summed E-state index contributed by atoms with van der Waals surface area (Å²) >= 11 is 0. The first-order valence-electron chi connectivity index (χ1n) is 7.70. The van der Waals surface area contributed by atoms with Gasteiger partial charge in [-0.2, -0.15) is 0 Å². The number of nitrogens with one attached hydrogen (secondary N) is 1. The van der Waals surface area contributed by atoms with Crippen molar-refractivity contribution in [1.29, 1.82) is 5.41 Å². The predicted molar refractivity (Wildman–Crippen MR) is 94.7 cm³/mol. The number of benzene rings is 2. The molecule has 0 radical (unpaired) electrons. The van der Waals surface area contributed by atoms with E-state index in [1.165, 1.54) is 6.07 Å². The number of nitrogens with two attached hydrogens (primary N) is 1. The number of nitrogen functional groups attached to an aromatic ring is 1. The van der Waals surface area contributed by atoms with Crippen LogP contribution in [0.1, 0.15) is 22.5 Å². The van der Waals surface area contributed by atoms with E-state index in [0.717, 1.165) is 11.4 Å². The number of aromatic nitrogens is 2. The van der Waals surface area contributed by atoms with Crippen molar-refractivity contribution in [1.82, 2.24) is 9.55 Å². The minimum absolute atomic E-state index is 0.0209. The number of rotatable bonds is 6. The Bertz CT molecular complexity index is 932. The van der Waals surface area contributed by atoms with Gasteiger partial charge in [-0.1, -0.05) is 36.4 Å².